The Bertz CT molecular complexity index is 1720. The number of aromatic amines is 3. The van der Waals surface area contributed by atoms with Gasteiger partial charge in [0, 0.05) is 27.9 Å². The lowest BCUT2D eigenvalue weighted by Gasteiger charge is -2.07. The van der Waals surface area contributed by atoms with Crippen molar-refractivity contribution in [3.05, 3.63) is 68.9 Å². The highest BCUT2D eigenvalue weighted by Gasteiger charge is 2.21. The van der Waals surface area contributed by atoms with Gasteiger partial charge in [-0.15, -0.1) is 0 Å². The minimum absolute atomic E-state index is 0.0355. The Hall–Kier alpha value is -4.41. The first-order valence-corrected chi connectivity index (χ1v) is 10.4. The Kier molecular flexibility index (Phi) is 4.12. The topological polar surface area (TPSA) is 136 Å². The van der Waals surface area contributed by atoms with E-state index in [1.165, 1.54) is 12.3 Å². The van der Waals surface area contributed by atoms with Crippen LogP contribution in [0.15, 0.2) is 40.2 Å². The van der Waals surface area contributed by atoms with E-state index in [-0.39, 0.29) is 29.2 Å². The quantitative estimate of drug-likeness (QED) is 0.333. The smallest absolute Gasteiger partial charge is 0.326 e. The van der Waals surface area contributed by atoms with Crippen molar-refractivity contribution in [3.63, 3.8) is 0 Å². The van der Waals surface area contributed by atoms with Gasteiger partial charge >= 0.3 is 5.69 Å². The summed E-state index contributed by atoms with van der Waals surface area (Å²) in [7, 11) is 0. The number of nitrogens with zero attached hydrogens (tertiary/aromatic N) is 4. The van der Waals surface area contributed by atoms with Gasteiger partial charge in [-0.25, -0.2) is 9.18 Å². The summed E-state index contributed by atoms with van der Waals surface area (Å²) in [6.07, 6.45) is 5.04. The molecule has 1 aliphatic carbocycles. The number of fused-ring (bicyclic) bond motifs is 2. The Balaban J connectivity index is 1.52. The van der Waals surface area contributed by atoms with Gasteiger partial charge in [0.05, 0.1) is 12.2 Å². The van der Waals surface area contributed by atoms with Crippen LogP contribution in [0.3, 0.4) is 0 Å². The monoisotopic (exact) mass is 447 g/mol. The molecule has 33 heavy (non-hydrogen) atoms. The van der Waals surface area contributed by atoms with E-state index in [9.17, 15) is 9.90 Å². The Morgan fingerprint density at radius 1 is 1.27 bits per heavy atom. The lowest BCUT2D eigenvalue weighted by Crippen LogP contribution is -2.19. The molecule has 10 nitrogen and oxygen atoms in total. The van der Waals surface area contributed by atoms with Crippen molar-refractivity contribution in [2.24, 2.45) is 4.99 Å². The normalized spacial score (nSPS) is 15.2. The zero-order chi connectivity index (χ0) is 22.7. The van der Waals surface area contributed by atoms with Crippen molar-refractivity contribution >= 4 is 22.6 Å². The number of benzene rings is 1. The molecule has 1 fully saturated rings. The van der Waals surface area contributed by atoms with Gasteiger partial charge in [-0.1, -0.05) is 0 Å². The number of ether oxygens (including phenoxy) is 1. The molecule has 0 amide bonds. The molecule has 6 rings (SSSR count). The lowest BCUT2D eigenvalue weighted by atomic mass is 10.2. The summed E-state index contributed by atoms with van der Waals surface area (Å²) in [4.78, 5) is 28.5. The number of hydrogen-bond acceptors (Lipinski definition) is 6. The molecule has 1 aromatic carbocycles. The molecule has 166 valence electrons. The van der Waals surface area contributed by atoms with Crippen LogP contribution in [0.4, 0.5) is 4.39 Å². The minimum Gasteiger partial charge on any atom is -0.493 e. The van der Waals surface area contributed by atoms with Crippen molar-refractivity contribution < 1.29 is 14.2 Å². The first kappa shape index (κ1) is 19.3. The fourth-order valence-electron chi connectivity index (χ4n) is 3.71. The van der Waals surface area contributed by atoms with Crippen molar-refractivity contribution in [2.75, 3.05) is 0 Å². The fourth-order valence-corrected chi connectivity index (χ4v) is 3.71. The summed E-state index contributed by atoms with van der Waals surface area (Å²) < 4.78 is 22.5. The molecule has 4 N–H and O–H groups in total. The van der Waals surface area contributed by atoms with Gasteiger partial charge in [-0.3, -0.25) is 9.98 Å². The maximum absolute atomic E-state index is 15.1. The molecule has 1 saturated carbocycles. The molecular weight excluding hydrogens is 429 g/mol. The van der Waals surface area contributed by atoms with E-state index in [4.69, 9.17) is 4.74 Å². The molecule has 0 bridgehead atoms. The third-order valence-corrected chi connectivity index (χ3v) is 5.41. The summed E-state index contributed by atoms with van der Waals surface area (Å²) in [6.45, 7) is 1.86. The number of imidazole rings is 1. The van der Waals surface area contributed by atoms with Crippen LogP contribution in [0.1, 0.15) is 24.2 Å². The molecule has 4 aromatic heterocycles. The first-order chi connectivity index (χ1) is 15.9. The molecular formula is C22H18FN7O3. The molecule has 0 atom stereocenters. The van der Waals surface area contributed by atoms with Crippen LogP contribution < -0.4 is 21.1 Å². The Morgan fingerprint density at radius 3 is 2.88 bits per heavy atom. The van der Waals surface area contributed by atoms with E-state index in [1.807, 2.05) is 6.92 Å². The highest BCUT2D eigenvalue weighted by molar-refractivity contribution is 5.82. The molecule has 0 spiro atoms. The number of aryl methyl sites for hydroxylation is 1. The molecule has 0 radical (unpaired) electrons. The highest BCUT2D eigenvalue weighted by Crippen LogP contribution is 2.29. The summed E-state index contributed by atoms with van der Waals surface area (Å²) in [5.41, 5.74) is 2.07. The highest BCUT2D eigenvalue weighted by atomic mass is 19.1. The molecule has 11 heteroatoms. The number of aromatic hydroxyl groups is 1. The van der Waals surface area contributed by atoms with Crippen LogP contribution in [0.25, 0.3) is 22.6 Å². The fraction of sp³-hybridized carbons (Fsp3) is 0.182. The number of halogens is 1. The third kappa shape index (κ3) is 3.43. The largest absolute Gasteiger partial charge is 0.493 e. The standard InChI is InChI=1S/C22H18FN7O3/c1-10-6-13-14(25-10)4-5-16(19(13)23)33-18-8-17(26-12-2-3-12)30-20(28-18)11(9-24-30)7-15-21(31)29-22(32)27-15/h4-9,12,25,31H,2-3H2,1H3,(H2,27,29,32)/b11-7-,26-17?. The maximum Gasteiger partial charge on any atom is 0.326 e. The van der Waals surface area contributed by atoms with Crippen molar-refractivity contribution in [1.82, 2.24) is 29.5 Å². The second-order valence-electron chi connectivity index (χ2n) is 8.03. The zero-order valence-corrected chi connectivity index (χ0v) is 17.4. The van der Waals surface area contributed by atoms with Crippen LogP contribution in [0.2, 0.25) is 0 Å². The van der Waals surface area contributed by atoms with E-state index in [0.29, 0.717) is 27.3 Å². The predicted octanol–water partition coefficient (Wildman–Crippen LogP) is 1.78. The second-order valence-corrected chi connectivity index (χ2v) is 8.03. The van der Waals surface area contributed by atoms with E-state index >= 15 is 4.39 Å². The first-order valence-electron chi connectivity index (χ1n) is 10.4. The number of H-pyrrole nitrogens is 3. The van der Waals surface area contributed by atoms with Gasteiger partial charge in [0.15, 0.2) is 22.7 Å². The SMILES string of the molecule is Cc1cc2c(F)c(Oc3cc(=NC4CC4)n4nc/c(=C/c5[nH]c(=O)[nH]c5O)c4n3)ccc2[nH]1. The summed E-state index contributed by atoms with van der Waals surface area (Å²) in [5, 5.41) is 15.2. The molecule has 0 aliphatic heterocycles. The molecule has 4 heterocycles. The van der Waals surface area contributed by atoms with E-state index in [1.54, 1.807) is 28.8 Å². The average Bonchev–Trinajstić information content (AvgIpc) is 3.22. The maximum atomic E-state index is 15.1. The van der Waals surface area contributed by atoms with Gasteiger partial charge in [-0.2, -0.15) is 14.6 Å². The summed E-state index contributed by atoms with van der Waals surface area (Å²) in [6, 6.07) is 6.82. The second kappa shape index (κ2) is 7.05. The summed E-state index contributed by atoms with van der Waals surface area (Å²) >= 11 is 0. The number of hydrogen-bond donors (Lipinski definition) is 4. The minimum atomic E-state index is -0.539. The molecule has 0 unspecified atom stereocenters. The van der Waals surface area contributed by atoms with Gasteiger partial charge in [-0.05, 0) is 44.0 Å². The Morgan fingerprint density at radius 2 is 2.12 bits per heavy atom. The van der Waals surface area contributed by atoms with Gasteiger partial charge in [0.25, 0.3) is 0 Å². The Labute approximate surface area is 184 Å². The van der Waals surface area contributed by atoms with Gasteiger partial charge in [0.1, 0.15) is 5.69 Å². The van der Waals surface area contributed by atoms with Crippen LogP contribution in [0, 0.1) is 12.7 Å². The average molecular weight is 447 g/mol. The summed E-state index contributed by atoms with van der Waals surface area (Å²) in [5.74, 6) is -0.608. The van der Waals surface area contributed by atoms with Crippen molar-refractivity contribution in [1.29, 1.82) is 0 Å². The van der Waals surface area contributed by atoms with E-state index in [0.717, 1.165) is 18.5 Å². The van der Waals surface area contributed by atoms with Crippen LogP contribution in [0.5, 0.6) is 17.5 Å². The van der Waals surface area contributed by atoms with E-state index < -0.39 is 11.5 Å². The number of rotatable bonds is 4. The van der Waals surface area contributed by atoms with Gasteiger partial charge in [0.2, 0.25) is 11.8 Å². The zero-order valence-electron chi connectivity index (χ0n) is 17.4. The van der Waals surface area contributed by atoms with Crippen LogP contribution in [-0.4, -0.2) is 40.7 Å². The molecule has 0 saturated heterocycles. The molecule has 5 aromatic rings. The van der Waals surface area contributed by atoms with Crippen LogP contribution in [-0.2, 0) is 0 Å². The lowest BCUT2D eigenvalue weighted by molar-refractivity contribution is 0.429. The third-order valence-electron chi connectivity index (χ3n) is 5.41. The molecule has 1 aliphatic rings. The van der Waals surface area contributed by atoms with Gasteiger partial charge < -0.3 is 19.8 Å². The van der Waals surface area contributed by atoms with E-state index in [2.05, 4.69) is 30.0 Å². The van der Waals surface area contributed by atoms with Crippen LogP contribution >= 0.6 is 0 Å². The predicted molar refractivity (Wildman–Crippen MR) is 117 cm³/mol. The van der Waals surface area contributed by atoms with Crippen molar-refractivity contribution in [2.45, 2.75) is 25.8 Å². The van der Waals surface area contributed by atoms with Crippen molar-refractivity contribution in [3.8, 4) is 17.5 Å². The number of aromatic nitrogens is 6. The number of nitrogens with one attached hydrogen (secondary N) is 3.